The van der Waals surface area contributed by atoms with Gasteiger partial charge in [-0.05, 0) is 71.3 Å². The molecule has 0 radical (unpaired) electrons. The molecule has 27 heteroatoms. The summed E-state index contributed by atoms with van der Waals surface area (Å²) in [7, 11) is 0. The summed E-state index contributed by atoms with van der Waals surface area (Å²) in [6, 6.07) is -0.483. The maximum absolute atomic E-state index is 13.4. The molecule has 2 atom stereocenters. The predicted octanol–water partition coefficient (Wildman–Crippen LogP) is 4.10. The molecule has 2 fully saturated rings. The lowest BCUT2D eigenvalue weighted by atomic mass is 10.1. The van der Waals surface area contributed by atoms with Gasteiger partial charge in [0, 0.05) is 110 Å². The van der Waals surface area contributed by atoms with Gasteiger partial charge in [0.15, 0.2) is 0 Å². The Balaban J connectivity index is 0.948. The maximum atomic E-state index is 13.4. The van der Waals surface area contributed by atoms with Crippen LogP contribution in [0.5, 0.6) is 0 Å². The highest BCUT2D eigenvalue weighted by molar-refractivity contribution is 5.80. The van der Waals surface area contributed by atoms with Crippen molar-refractivity contribution in [2.45, 2.75) is 186 Å². The number of amides is 4. The Labute approximate surface area is 520 Å². The molecule has 5 heterocycles. The predicted molar refractivity (Wildman–Crippen MR) is 334 cm³/mol. The van der Waals surface area contributed by atoms with E-state index in [2.05, 4.69) is 52.3 Å². The molecule has 88 heavy (non-hydrogen) atoms. The van der Waals surface area contributed by atoms with E-state index in [0.29, 0.717) is 179 Å². The number of carbonyl (C=O) groups is 5. The van der Waals surface area contributed by atoms with Crippen molar-refractivity contribution in [1.82, 2.24) is 65.4 Å². The minimum absolute atomic E-state index is 0.0603. The number of aliphatic carboxylic acids is 1. The van der Waals surface area contributed by atoms with E-state index in [4.69, 9.17) is 46.4 Å². The molecular weight excluding hydrogens is 1130 g/mol. The number of anilines is 3. The number of carboxylic acid groups (broad SMARTS) is 1. The number of aromatic nitrogens is 9. The number of nitrogens with two attached hydrogens (primary N) is 1. The molecule has 0 bridgehead atoms. The normalized spacial score (nSPS) is 14.2. The fourth-order valence-electron chi connectivity index (χ4n) is 10.5. The lowest BCUT2D eigenvalue weighted by Crippen LogP contribution is -2.50. The van der Waals surface area contributed by atoms with E-state index in [9.17, 15) is 29.1 Å². The Bertz CT molecular complexity index is 2480. The second-order valence-electron chi connectivity index (χ2n) is 22.9. The Morgan fingerprint density at radius 3 is 1.70 bits per heavy atom. The molecule has 4 amide bonds. The van der Waals surface area contributed by atoms with E-state index in [1.165, 1.54) is 4.68 Å². The van der Waals surface area contributed by atoms with Crippen LogP contribution in [0, 0.1) is 12.3 Å². The number of piperazine rings is 2. The number of nitrogens with one attached hydrogen (secondary N) is 3. The SMILES string of the molecule is C#CCOCCOCCOCCNc1nc(N2CCN(C(=O)CCCCCCCCCCNC(=O)Cn3cc(C[C@@H](C)O)nn3)CC2)nc(N2CCN(C(=O)CCCCCCCCCCNC(=O)[C@H](CCCCN)n3cc(CCCC(=O)O)nn3)CC2)n1. The van der Waals surface area contributed by atoms with Gasteiger partial charge in [-0.15, -0.1) is 16.6 Å². The summed E-state index contributed by atoms with van der Waals surface area (Å²) in [6.07, 6.45) is 29.3. The highest BCUT2D eigenvalue weighted by atomic mass is 16.5. The van der Waals surface area contributed by atoms with E-state index in [-0.39, 0.29) is 43.2 Å². The molecule has 492 valence electrons. The number of rotatable bonds is 49. The third-order valence-corrected chi connectivity index (χ3v) is 15.5. The van der Waals surface area contributed by atoms with Crippen LogP contribution >= 0.6 is 0 Å². The molecule has 0 unspecified atom stereocenters. The number of carboxylic acids is 1. The first-order chi connectivity index (χ1) is 42.9. The highest BCUT2D eigenvalue weighted by Gasteiger charge is 2.27. The van der Waals surface area contributed by atoms with Gasteiger partial charge in [-0.3, -0.25) is 24.0 Å². The Kier molecular flexibility index (Phi) is 36.0. The smallest absolute Gasteiger partial charge is 0.303 e. The largest absolute Gasteiger partial charge is 0.481 e. The number of terminal acetylenes is 1. The molecule has 0 aliphatic carbocycles. The van der Waals surface area contributed by atoms with Crippen molar-refractivity contribution in [3.63, 3.8) is 0 Å². The van der Waals surface area contributed by atoms with E-state index >= 15 is 0 Å². The van der Waals surface area contributed by atoms with Crippen molar-refractivity contribution in [1.29, 1.82) is 0 Å². The van der Waals surface area contributed by atoms with Gasteiger partial charge < -0.3 is 65.7 Å². The molecule has 3 aromatic heterocycles. The second kappa shape index (κ2) is 43.9. The van der Waals surface area contributed by atoms with Crippen molar-refractivity contribution in [2.75, 3.05) is 133 Å². The third kappa shape index (κ3) is 30.1. The Hall–Kier alpha value is -6.60. The van der Waals surface area contributed by atoms with Gasteiger partial charge in [0.2, 0.25) is 41.5 Å². The Morgan fingerprint density at radius 2 is 1.15 bits per heavy atom. The van der Waals surface area contributed by atoms with E-state index in [1.807, 2.05) is 9.80 Å². The zero-order chi connectivity index (χ0) is 62.8. The lowest BCUT2D eigenvalue weighted by molar-refractivity contribution is -0.137. The van der Waals surface area contributed by atoms with E-state index in [1.54, 1.807) is 24.0 Å². The van der Waals surface area contributed by atoms with Gasteiger partial charge >= 0.3 is 5.97 Å². The molecule has 2 aliphatic rings. The zero-order valence-electron chi connectivity index (χ0n) is 52.6. The second-order valence-corrected chi connectivity index (χ2v) is 22.9. The van der Waals surface area contributed by atoms with Crippen LogP contribution in [0.15, 0.2) is 12.4 Å². The number of ether oxygens (including phenoxy) is 3. The summed E-state index contributed by atoms with van der Waals surface area (Å²) >= 11 is 0. The number of aliphatic hydroxyl groups excluding tert-OH is 1. The van der Waals surface area contributed by atoms with Crippen LogP contribution in [0.4, 0.5) is 17.8 Å². The van der Waals surface area contributed by atoms with Gasteiger partial charge in [-0.2, -0.15) is 15.0 Å². The van der Waals surface area contributed by atoms with Gasteiger partial charge in [-0.25, -0.2) is 9.36 Å². The molecule has 0 spiro atoms. The zero-order valence-corrected chi connectivity index (χ0v) is 52.6. The van der Waals surface area contributed by atoms with Crippen molar-refractivity contribution in [2.24, 2.45) is 5.73 Å². The van der Waals surface area contributed by atoms with Crippen LogP contribution in [0.3, 0.4) is 0 Å². The molecule has 3 aromatic rings. The number of aryl methyl sites for hydroxylation is 1. The molecule has 2 aliphatic heterocycles. The number of carbonyl (C=O) groups excluding carboxylic acids is 4. The Morgan fingerprint density at radius 1 is 0.614 bits per heavy atom. The summed E-state index contributed by atoms with van der Waals surface area (Å²) in [6.45, 7) is 11.1. The molecule has 0 aromatic carbocycles. The molecule has 7 N–H and O–H groups in total. The molecule has 0 saturated carbocycles. The number of hydrogen-bond donors (Lipinski definition) is 6. The van der Waals surface area contributed by atoms with Crippen LogP contribution in [-0.2, 0) is 57.6 Å². The first kappa shape index (κ1) is 72.1. The molecule has 5 rings (SSSR count). The van der Waals surface area contributed by atoms with Gasteiger partial charge in [0.25, 0.3) is 0 Å². The minimum Gasteiger partial charge on any atom is -0.481 e. The van der Waals surface area contributed by atoms with E-state index < -0.39 is 18.1 Å². The number of hydrogen-bond acceptors (Lipinski definition) is 20. The number of aliphatic hydroxyl groups is 1. The minimum atomic E-state index is -0.848. The van der Waals surface area contributed by atoms with Crippen molar-refractivity contribution >= 4 is 47.4 Å². The summed E-state index contributed by atoms with van der Waals surface area (Å²) in [5.41, 5.74) is 7.04. The van der Waals surface area contributed by atoms with Crippen LogP contribution in [0.25, 0.3) is 0 Å². The summed E-state index contributed by atoms with van der Waals surface area (Å²) < 4.78 is 19.7. The average Bonchev–Trinajstić information content (AvgIpc) is 3.68. The van der Waals surface area contributed by atoms with Crippen LogP contribution < -0.4 is 31.5 Å². The van der Waals surface area contributed by atoms with Crippen LogP contribution in [0.1, 0.15) is 172 Å². The average molecular weight is 1230 g/mol. The fraction of sp³-hybridized carbons (Fsp3) is 0.770. The monoisotopic (exact) mass is 1230 g/mol. The van der Waals surface area contributed by atoms with Crippen molar-refractivity contribution < 1.29 is 48.4 Å². The van der Waals surface area contributed by atoms with Crippen molar-refractivity contribution in [3.05, 3.63) is 23.8 Å². The molecule has 2 saturated heterocycles. The first-order valence-electron chi connectivity index (χ1n) is 32.6. The summed E-state index contributed by atoms with van der Waals surface area (Å²) in [4.78, 5) is 85.8. The number of unbranched alkanes of at least 4 members (excludes halogenated alkanes) is 15. The number of nitrogens with zero attached hydrogens (tertiary/aromatic N) is 13. The fourth-order valence-corrected chi connectivity index (χ4v) is 10.5. The highest BCUT2D eigenvalue weighted by Crippen LogP contribution is 2.22. The van der Waals surface area contributed by atoms with Crippen molar-refractivity contribution in [3.8, 4) is 12.3 Å². The summed E-state index contributed by atoms with van der Waals surface area (Å²) in [5.74, 6) is 3.27. The topological polar surface area (TPSA) is 329 Å². The van der Waals surface area contributed by atoms with Gasteiger partial charge in [0.05, 0.1) is 50.5 Å². The maximum Gasteiger partial charge on any atom is 0.303 e. The van der Waals surface area contributed by atoms with Gasteiger partial charge in [0.1, 0.15) is 19.2 Å². The first-order valence-corrected chi connectivity index (χ1v) is 32.6. The summed E-state index contributed by atoms with van der Waals surface area (Å²) in [5, 5.41) is 44.1. The molecular formula is C61H103N17O10. The third-order valence-electron chi connectivity index (χ3n) is 15.5. The van der Waals surface area contributed by atoms with Gasteiger partial charge in [-0.1, -0.05) is 93.4 Å². The van der Waals surface area contributed by atoms with Crippen LogP contribution in [-0.4, -0.2) is 219 Å². The quantitative estimate of drug-likeness (QED) is 0.0342. The van der Waals surface area contributed by atoms with E-state index in [0.717, 1.165) is 116 Å². The molecule has 27 nitrogen and oxygen atoms in total. The lowest BCUT2D eigenvalue weighted by Gasteiger charge is -2.36. The van der Waals surface area contributed by atoms with Crippen LogP contribution in [0.2, 0.25) is 0 Å². The standard InChI is InChI=1S/C61H103N17O10/c1-3-40-86-42-44-88-45-43-87-41-31-65-59-66-60(75-36-32-73(33-37-75)55(81)25-16-12-8-4-6-10-14-20-29-63-54(80)49-77-47-52(70-71-77)46-50(2)79)68-61(67-59)76-38-34-74(35-39-76)56(82)26-17-13-9-5-7-11-15-21-30-64-58(85)53(24-18-19-28-62)78-48-51(69-72-78)23-22-27-57(83)84/h1,47-48,50,53,79H,4-46,49,62H2,2H3,(H,63,80)(H,64,85)(H,83,84)(H,65,66,67,68)/t50-,53+/m1/s1.